The van der Waals surface area contributed by atoms with Crippen LogP contribution in [-0.2, 0) is 4.80 Å². The third-order valence-electron chi connectivity index (χ3n) is 2.62. The maximum atomic E-state index is 11.6. The summed E-state index contributed by atoms with van der Waals surface area (Å²) in [4.78, 5) is 11.6. The maximum absolute atomic E-state index is 11.6. The van der Waals surface area contributed by atoms with Gasteiger partial charge in [-0.1, -0.05) is 53.4 Å². The van der Waals surface area contributed by atoms with Crippen molar-refractivity contribution >= 4 is 9.04 Å². The molecule has 0 unspecified atom stereocenters. The number of hydrogen-bond donors (Lipinski definition) is 0. The van der Waals surface area contributed by atoms with Crippen molar-refractivity contribution in [3.63, 3.8) is 0 Å². The average Bonchev–Trinajstić information content (AvgIpc) is 2.02. The van der Waals surface area contributed by atoms with E-state index < -0.39 is 9.04 Å². The first kappa shape index (κ1) is 14.2. The van der Waals surface area contributed by atoms with Crippen molar-refractivity contribution in [3.05, 3.63) is 0 Å². The van der Waals surface area contributed by atoms with Gasteiger partial charge in [-0.3, -0.25) is 0 Å². The first-order valence-electron chi connectivity index (χ1n) is 6.18. The Morgan fingerprint density at radius 3 is 1.50 bits per heavy atom. The third kappa shape index (κ3) is 10.3. The molecule has 1 nitrogen and oxygen atoms in total. The molecule has 1 radical (unpaired) electrons. The fraction of sp³-hybridized carbons (Fsp3) is 1.00. The van der Waals surface area contributed by atoms with Crippen LogP contribution in [0.15, 0.2) is 0 Å². The summed E-state index contributed by atoms with van der Waals surface area (Å²) in [5.74, 6) is 1.54. The molecule has 0 spiro atoms. The summed E-state index contributed by atoms with van der Waals surface area (Å²) in [7, 11) is -1.57. The van der Waals surface area contributed by atoms with Gasteiger partial charge in [0.15, 0.2) is 0 Å². The zero-order chi connectivity index (χ0) is 11.0. The van der Waals surface area contributed by atoms with Crippen molar-refractivity contribution in [2.45, 2.75) is 65.5 Å². The monoisotopic (exact) mass is 215 g/mol. The molecule has 2 heteroatoms. The Kier molecular flexibility index (Phi) is 8.59. The first-order chi connectivity index (χ1) is 6.52. The SMILES string of the molecule is CC(C)CCC[SiH]([O])CCCC(C)C. The average molecular weight is 215 g/mol. The highest BCUT2D eigenvalue weighted by Crippen LogP contribution is 2.14. The highest BCUT2D eigenvalue weighted by molar-refractivity contribution is 6.49. The van der Waals surface area contributed by atoms with Gasteiger partial charge in [-0.05, 0) is 23.9 Å². The molecule has 0 aliphatic rings. The Morgan fingerprint density at radius 2 is 1.21 bits per heavy atom. The van der Waals surface area contributed by atoms with Gasteiger partial charge in [-0.2, -0.15) is 0 Å². The predicted octanol–water partition coefficient (Wildman–Crippen LogP) is 4.01. The minimum atomic E-state index is -1.57. The van der Waals surface area contributed by atoms with E-state index in [0.717, 1.165) is 23.9 Å². The molecule has 0 aromatic rings. The van der Waals surface area contributed by atoms with Gasteiger partial charge in [0.05, 0.1) is 0 Å². The number of rotatable bonds is 8. The molecule has 0 amide bonds. The van der Waals surface area contributed by atoms with E-state index in [4.69, 9.17) is 0 Å². The lowest BCUT2D eigenvalue weighted by atomic mass is 10.1. The van der Waals surface area contributed by atoms with Gasteiger partial charge in [-0.25, -0.2) is 0 Å². The van der Waals surface area contributed by atoms with E-state index in [0.29, 0.717) is 0 Å². The van der Waals surface area contributed by atoms with Gasteiger partial charge in [0.2, 0.25) is 9.04 Å². The minimum absolute atomic E-state index is 0.770. The lowest BCUT2D eigenvalue weighted by Crippen LogP contribution is -2.09. The van der Waals surface area contributed by atoms with Crippen LogP contribution in [-0.4, -0.2) is 9.04 Å². The second kappa shape index (κ2) is 8.48. The molecule has 0 saturated carbocycles. The molecule has 0 saturated heterocycles. The topological polar surface area (TPSA) is 19.9 Å². The Balaban J connectivity index is 3.23. The summed E-state index contributed by atoms with van der Waals surface area (Å²) in [5.41, 5.74) is 0. The molecular formula is C12H27OSi. The van der Waals surface area contributed by atoms with Crippen molar-refractivity contribution in [1.82, 2.24) is 0 Å². The summed E-state index contributed by atoms with van der Waals surface area (Å²) in [6.45, 7) is 8.94. The van der Waals surface area contributed by atoms with Crippen LogP contribution in [0, 0.1) is 11.8 Å². The first-order valence-corrected chi connectivity index (χ1v) is 8.28. The zero-order valence-electron chi connectivity index (χ0n) is 10.4. The van der Waals surface area contributed by atoms with Gasteiger partial charge >= 0.3 is 0 Å². The molecule has 0 fully saturated rings. The molecule has 0 bridgehead atoms. The summed E-state index contributed by atoms with van der Waals surface area (Å²) in [6, 6.07) is 2.05. The molecule has 0 aromatic carbocycles. The lowest BCUT2D eigenvalue weighted by molar-refractivity contribution is 0.431. The van der Waals surface area contributed by atoms with Crippen molar-refractivity contribution in [2.75, 3.05) is 0 Å². The fourth-order valence-corrected chi connectivity index (χ4v) is 3.32. The lowest BCUT2D eigenvalue weighted by Gasteiger charge is -2.08. The smallest absolute Gasteiger partial charge is 0.222 e. The van der Waals surface area contributed by atoms with Crippen molar-refractivity contribution in [3.8, 4) is 0 Å². The van der Waals surface area contributed by atoms with Crippen LogP contribution in [0.4, 0.5) is 0 Å². The van der Waals surface area contributed by atoms with E-state index in [1.165, 1.54) is 25.7 Å². The van der Waals surface area contributed by atoms with Gasteiger partial charge in [-0.15, -0.1) is 0 Å². The highest BCUT2D eigenvalue weighted by atomic mass is 28.3. The Hall–Kier alpha value is 0.177. The maximum Gasteiger partial charge on any atom is 0.222 e. The molecule has 0 aliphatic heterocycles. The van der Waals surface area contributed by atoms with Crippen LogP contribution in [0.2, 0.25) is 12.1 Å². The van der Waals surface area contributed by atoms with Crippen molar-refractivity contribution in [2.24, 2.45) is 11.8 Å². The summed E-state index contributed by atoms with van der Waals surface area (Å²) >= 11 is 0. The Bertz CT molecular complexity index is 109. The molecule has 14 heavy (non-hydrogen) atoms. The van der Waals surface area contributed by atoms with Crippen molar-refractivity contribution < 1.29 is 4.80 Å². The quantitative estimate of drug-likeness (QED) is 0.545. The predicted molar refractivity (Wildman–Crippen MR) is 65.6 cm³/mol. The molecule has 0 aliphatic carbocycles. The van der Waals surface area contributed by atoms with Crippen LogP contribution in [0.3, 0.4) is 0 Å². The molecule has 0 atom stereocenters. The van der Waals surface area contributed by atoms with E-state index >= 15 is 0 Å². The Labute approximate surface area is 91.6 Å². The zero-order valence-corrected chi connectivity index (χ0v) is 11.5. The fourth-order valence-electron chi connectivity index (χ4n) is 1.65. The molecule has 0 rings (SSSR count). The van der Waals surface area contributed by atoms with Gasteiger partial charge in [0.1, 0.15) is 0 Å². The number of hydrogen-bond acceptors (Lipinski definition) is 0. The van der Waals surface area contributed by atoms with E-state index in [2.05, 4.69) is 27.7 Å². The normalized spacial score (nSPS) is 12.0. The molecule has 0 heterocycles. The van der Waals surface area contributed by atoms with Crippen LogP contribution in [0.5, 0.6) is 0 Å². The van der Waals surface area contributed by atoms with Gasteiger partial charge in [0, 0.05) is 0 Å². The minimum Gasteiger partial charge on any atom is -0.302 e. The van der Waals surface area contributed by atoms with Gasteiger partial charge < -0.3 is 4.80 Å². The van der Waals surface area contributed by atoms with E-state index in [9.17, 15) is 4.80 Å². The van der Waals surface area contributed by atoms with E-state index in [-0.39, 0.29) is 0 Å². The largest absolute Gasteiger partial charge is 0.302 e. The van der Waals surface area contributed by atoms with Crippen LogP contribution in [0.1, 0.15) is 53.4 Å². The molecule has 85 valence electrons. The third-order valence-corrected chi connectivity index (χ3v) is 4.72. The van der Waals surface area contributed by atoms with E-state index in [1.807, 2.05) is 0 Å². The van der Waals surface area contributed by atoms with E-state index in [1.54, 1.807) is 0 Å². The summed E-state index contributed by atoms with van der Waals surface area (Å²) in [6.07, 6.45) is 4.85. The molecular weight excluding hydrogens is 188 g/mol. The van der Waals surface area contributed by atoms with Crippen molar-refractivity contribution in [1.29, 1.82) is 0 Å². The summed E-state index contributed by atoms with van der Waals surface area (Å²) in [5, 5.41) is 0. The van der Waals surface area contributed by atoms with Crippen LogP contribution >= 0.6 is 0 Å². The second-order valence-electron chi connectivity index (χ2n) is 5.27. The van der Waals surface area contributed by atoms with Crippen LogP contribution < -0.4 is 0 Å². The standard InChI is InChI=1S/C12H27OSi/c1-11(2)7-5-9-14(13)10-6-8-12(3)4/h11-12,14H,5-10H2,1-4H3. The summed E-state index contributed by atoms with van der Waals surface area (Å²) < 4.78 is 0. The highest BCUT2D eigenvalue weighted by Gasteiger charge is 2.09. The molecule has 0 N–H and O–H groups in total. The Morgan fingerprint density at radius 1 is 0.857 bits per heavy atom. The van der Waals surface area contributed by atoms with Crippen LogP contribution in [0.25, 0.3) is 0 Å². The van der Waals surface area contributed by atoms with Gasteiger partial charge in [0.25, 0.3) is 0 Å². The molecule has 0 aromatic heterocycles. The second-order valence-corrected chi connectivity index (χ2v) is 7.67.